The van der Waals surface area contributed by atoms with Crippen LogP contribution in [0, 0.1) is 0 Å². The molecule has 0 aliphatic carbocycles. The summed E-state index contributed by atoms with van der Waals surface area (Å²) in [6, 6.07) is 0. The topological polar surface area (TPSA) is 24.3 Å². The maximum absolute atomic E-state index is 5.55. The molecule has 2 rings (SSSR count). The minimum atomic E-state index is 0.346. The lowest BCUT2D eigenvalue weighted by Crippen LogP contribution is -2.37. The van der Waals surface area contributed by atoms with E-state index in [2.05, 4.69) is 10.2 Å². The Hall–Kier alpha value is -0.120. The summed E-state index contributed by atoms with van der Waals surface area (Å²) in [4.78, 5) is 2.43. The van der Waals surface area contributed by atoms with E-state index in [0.29, 0.717) is 6.23 Å². The Morgan fingerprint density at radius 3 is 2.92 bits per heavy atom. The summed E-state index contributed by atoms with van der Waals surface area (Å²) in [5.41, 5.74) is 0. The normalized spacial score (nSPS) is 30.5. The molecule has 12 heavy (non-hydrogen) atoms. The highest BCUT2D eigenvalue weighted by atomic mass is 16.5. The molecule has 1 N–H and O–H groups in total. The summed E-state index contributed by atoms with van der Waals surface area (Å²) in [5.74, 6) is 0. The molecule has 1 unspecified atom stereocenters. The van der Waals surface area contributed by atoms with Crippen LogP contribution in [0.15, 0.2) is 0 Å². The third-order valence-corrected chi connectivity index (χ3v) is 2.52. The third-order valence-electron chi connectivity index (χ3n) is 2.52. The zero-order chi connectivity index (χ0) is 8.23. The molecule has 0 radical (unpaired) electrons. The molecule has 1 atom stereocenters. The maximum atomic E-state index is 5.55. The van der Waals surface area contributed by atoms with E-state index < -0.39 is 0 Å². The van der Waals surface area contributed by atoms with Gasteiger partial charge >= 0.3 is 0 Å². The molecule has 0 aromatic rings. The second kappa shape index (κ2) is 4.21. The van der Waals surface area contributed by atoms with Gasteiger partial charge in [-0.25, -0.2) is 0 Å². The minimum absolute atomic E-state index is 0.346. The van der Waals surface area contributed by atoms with Crippen LogP contribution >= 0.6 is 0 Å². The minimum Gasteiger partial charge on any atom is -0.363 e. The van der Waals surface area contributed by atoms with Gasteiger partial charge in [0.2, 0.25) is 0 Å². The van der Waals surface area contributed by atoms with Crippen molar-refractivity contribution < 1.29 is 4.74 Å². The Bertz CT molecular complexity index is 130. The molecule has 70 valence electrons. The molecule has 0 saturated carbocycles. The first-order valence-electron chi connectivity index (χ1n) is 5.02. The van der Waals surface area contributed by atoms with Crippen molar-refractivity contribution in [3.8, 4) is 0 Å². The number of hydrogen-bond donors (Lipinski definition) is 1. The highest BCUT2D eigenvalue weighted by Crippen LogP contribution is 2.10. The Labute approximate surface area is 74.1 Å². The van der Waals surface area contributed by atoms with Crippen molar-refractivity contribution in [2.24, 2.45) is 0 Å². The second-order valence-corrected chi connectivity index (χ2v) is 3.65. The maximum Gasteiger partial charge on any atom is 0.108 e. The van der Waals surface area contributed by atoms with Crippen LogP contribution in [-0.2, 0) is 4.74 Å². The lowest BCUT2D eigenvalue weighted by Gasteiger charge is -2.23. The number of ether oxygens (including phenoxy) is 1. The number of rotatable bonds is 4. The zero-order valence-electron chi connectivity index (χ0n) is 7.59. The molecule has 2 fully saturated rings. The molecule has 0 aromatic heterocycles. The molecule has 2 saturated heterocycles. The monoisotopic (exact) mass is 170 g/mol. The van der Waals surface area contributed by atoms with Crippen LogP contribution in [0.25, 0.3) is 0 Å². The molecule has 3 nitrogen and oxygen atoms in total. The van der Waals surface area contributed by atoms with Gasteiger partial charge in [-0.2, -0.15) is 0 Å². The predicted molar refractivity (Wildman–Crippen MR) is 48.0 cm³/mol. The first-order chi connectivity index (χ1) is 5.95. The standard InChI is InChI=1S/C9H18N2O/c1-2-8-12-9(3-1)10-4-5-11-6-7-11/h9-10H,1-8H2. The number of nitrogens with zero attached hydrogens (tertiary/aromatic N) is 1. The Balaban J connectivity index is 1.52. The van der Waals surface area contributed by atoms with Crippen molar-refractivity contribution in [1.82, 2.24) is 10.2 Å². The predicted octanol–water partition coefficient (Wildman–Crippen LogP) is 0.418. The SMILES string of the molecule is C1CCC(NCCN2CC2)OC1. The zero-order valence-corrected chi connectivity index (χ0v) is 7.59. The van der Waals surface area contributed by atoms with E-state index in [9.17, 15) is 0 Å². The van der Waals surface area contributed by atoms with E-state index in [1.165, 1.54) is 38.9 Å². The van der Waals surface area contributed by atoms with Gasteiger partial charge in [-0.1, -0.05) is 0 Å². The fourth-order valence-electron chi connectivity index (χ4n) is 1.58. The van der Waals surface area contributed by atoms with E-state index in [-0.39, 0.29) is 0 Å². The highest BCUT2D eigenvalue weighted by Gasteiger charge is 2.17. The average Bonchev–Trinajstić information content (AvgIpc) is 2.90. The summed E-state index contributed by atoms with van der Waals surface area (Å²) in [7, 11) is 0. The lowest BCUT2D eigenvalue weighted by molar-refractivity contribution is -0.00519. The van der Waals surface area contributed by atoms with Crippen LogP contribution in [0.1, 0.15) is 19.3 Å². The van der Waals surface area contributed by atoms with E-state index >= 15 is 0 Å². The first-order valence-corrected chi connectivity index (χ1v) is 5.02. The van der Waals surface area contributed by atoms with E-state index in [1.54, 1.807) is 0 Å². The van der Waals surface area contributed by atoms with Gasteiger partial charge in [0.25, 0.3) is 0 Å². The molecule has 0 bridgehead atoms. The molecule has 0 aromatic carbocycles. The summed E-state index contributed by atoms with van der Waals surface area (Å²) in [5, 5.41) is 3.43. The molecular weight excluding hydrogens is 152 g/mol. The van der Waals surface area contributed by atoms with Crippen molar-refractivity contribution in [3.63, 3.8) is 0 Å². The van der Waals surface area contributed by atoms with E-state index in [0.717, 1.165) is 13.2 Å². The molecule has 2 aliphatic rings. The molecule has 2 aliphatic heterocycles. The van der Waals surface area contributed by atoms with Crippen LogP contribution in [0.4, 0.5) is 0 Å². The fourth-order valence-corrected chi connectivity index (χ4v) is 1.58. The summed E-state index contributed by atoms with van der Waals surface area (Å²) >= 11 is 0. The quantitative estimate of drug-likeness (QED) is 0.619. The molecule has 0 amide bonds. The van der Waals surface area contributed by atoms with Crippen molar-refractivity contribution in [3.05, 3.63) is 0 Å². The summed E-state index contributed by atoms with van der Waals surface area (Å²) in [6.07, 6.45) is 4.10. The van der Waals surface area contributed by atoms with Gasteiger partial charge in [0.1, 0.15) is 6.23 Å². The van der Waals surface area contributed by atoms with Crippen molar-refractivity contribution in [1.29, 1.82) is 0 Å². The third kappa shape index (κ3) is 2.73. The van der Waals surface area contributed by atoms with Crippen molar-refractivity contribution in [2.75, 3.05) is 32.8 Å². The summed E-state index contributed by atoms with van der Waals surface area (Å²) in [6.45, 7) is 5.83. The average molecular weight is 170 g/mol. The Morgan fingerprint density at radius 2 is 2.25 bits per heavy atom. The van der Waals surface area contributed by atoms with Crippen LogP contribution in [-0.4, -0.2) is 43.9 Å². The van der Waals surface area contributed by atoms with Gasteiger partial charge in [-0.05, 0) is 19.3 Å². The molecular formula is C9H18N2O. The van der Waals surface area contributed by atoms with E-state index in [4.69, 9.17) is 4.74 Å². The largest absolute Gasteiger partial charge is 0.363 e. The Morgan fingerprint density at radius 1 is 1.33 bits per heavy atom. The molecule has 3 heteroatoms. The van der Waals surface area contributed by atoms with Crippen LogP contribution < -0.4 is 5.32 Å². The fraction of sp³-hybridized carbons (Fsp3) is 1.00. The first kappa shape index (κ1) is 8.48. The Kier molecular flexibility index (Phi) is 2.98. The second-order valence-electron chi connectivity index (χ2n) is 3.65. The molecule has 0 spiro atoms. The van der Waals surface area contributed by atoms with Gasteiger partial charge in [0.15, 0.2) is 0 Å². The van der Waals surface area contributed by atoms with Crippen molar-refractivity contribution >= 4 is 0 Å². The van der Waals surface area contributed by atoms with Gasteiger partial charge in [0.05, 0.1) is 0 Å². The van der Waals surface area contributed by atoms with Crippen LogP contribution in [0.3, 0.4) is 0 Å². The lowest BCUT2D eigenvalue weighted by atomic mass is 10.2. The van der Waals surface area contributed by atoms with Crippen LogP contribution in [0.5, 0.6) is 0 Å². The van der Waals surface area contributed by atoms with Gasteiger partial charge in [0, 0.05) is 32.8 Å². The van der Waals surface area contributed by atoms with E-state index in [1.807, 2.05) is 0 Å². The van der Waals surface area contributed by atoms with Crippen molar-refractivity contribution in [2.45, 2.75) is 25.5 Å². The number of hydrogen-bond acceptors (Lipinski definition) is 3. The van der Waals surface area contributed by atoms with Gasteiger partial charge in [-0.15, -0.1) is 0 Å². The molecule has 2 heterocycles. The smallest absolute Gasteiger partial charge is 0.108 e. The summed E-state index contributed by atoms with van der Waals surface area (Å²) < 4.78 is 5.55. The van der Waals surface area contributed by atoms with Gasteiger partial charge < -0.3 is 4.74 Å². The van der Waals surface area contributed by atoms with Crippen LogP contribution in [0.2, 0.25) is 0 Å². The van der Waals surface area contributed by atoms with Gasteiger partial charge in [-0.3, -0.25) is 10.2 Å². The highest BCUT2D eigenvalue weighted by molar-refractivity contribution is 4.73. The number of nitrogens with one attached hydrogen (secondary N) is 1.